The standard InChI is InChI=1S/C23H24FN5O2/c1-17(31-20-10-6-5-9-19(20)24)23(30)27-21-15-22(26-16-25-21)29-13-11-28(12-14-29)18-7-3-2-4-8-18/h2-10,15-17H,11-14H2,1H3,(H,25,26,27,30)/t17-/m1/s1. The van der Waals surface area contributed by atoms with E-state index in [1.54, 1.807) is 25.1 Å². The van der Waals surface area contributed by atoms with E-state index in [-0.39, 0.29) is 5.75 Å². The second-order valence-electron chi connectivity index (χ2n) is 7.25. The average molecular weight is 421 g/mol. The number of nitrogens with zero attached hydrogens (tertiary/aromatic N) is 4. The maximum absolute atomic E-state index is 13.7. The molecule has 1 amide bonds. The van der Waals surface area contributed by atoms with Gasteiger partial charge < -0.3 is 19.9 Å². The molecule has 2 aromatic carbocycles. The van der Waals surface area contributed by atoms with E-state index in [1.807, 2.05) is 18.2 Å². The molecule has 160 valence electrons. The van der Waals surface area contributed by atoms with Gasteiger partial charge in [-0.05, 0) is 31.2 Å². The Labute approximate surface area is 180 Å². The average Bonchev–Trinajstić information content (AvgIpc) is 2.81. The summed E-state index contributed by atoms with van der Waals surface area (Å²) >= 11 is 0. The molecule has 3 aromatic rings. The van der Waals surface area contributed by atoms with Crippen molar-refractivity contribution in [3.05, 3.63) is 72.8 Å². The highest BCUT2D eigenvalue weighted by Gasteiger charge is 2.20. The normalized spacial score (nSPS) is 14.8. The van der Waals surface area contributed by atoms with Gasteiger partial charge in [0.25, 0.3) is 5.91 Å². The summed E-state index contributed by atoms with van der Waals surface area (Å²) in [6.45, 7) is 4.94. The van der Waals surface area contributed by atoms with Crippen molar-refractivity contribution < 1.29 is 13.9 Å². The van der Waals surface area contributed by atoms with Crippen LogP contribution in [0.15, 0.2) is 67.0 Å². The molecule has 1 saturated heterocycles. The largest absolute Gasteiger partial charge is 0.478 e. The van der Waals surface area contributed by atoms with Crippen LogP contribution in [0.1, 0.15) is 6.92 Å². The number of hydrogen-bond donors (Lipinski definition) is 1. The monoisotopic (exact) mass is 421 g/mol. The molecule has 1 aliphatic rings. The van der Waals surface area contributed by atoms with Crippen molar-refractivity contribution in [1.82, 2.24) is 9.97 Å². The molecule has 31 heavy (non-hydrogen) atoms. The lowest BCUT2D eigenvalue weighted by Crippen LogP contribution is -2.46. The number of carbonyl (C=O) groups excluding carboxylic acids is 1. The fourth-order valence-corrected chi connectivity index (χ4v) is 3.43. The SMILES string of the molecule is C[C@@H](Oc1ccccc1F)C(=O)Nc1cc(N2CCN(c3ccccc3)CC2)ncn1. The first-order valence-corrected chi connectivity index (χ1v) is 10.2. The first kappa shape index (κ1) is 20.6. The van der Waals surface area contributed by atoms with Gasteiger partial charge in [-0.1, -0.05) is 30.3 Å². The molecule has 1 aromatic heterocycles. The molecule has 0 saturated carbocycles. The van der Waals surface area contributed by atoms with E-state index in [4.69, 9.17) is 4.74 Å². The minimum Gasteiger partial charge on any atom is -0.478 e. The van der Waals surface area contributed by atoms with Crippen LogP contribution < -0.4 is 19.9 Å². The number of carbonyl (C=O) groups is 1. The molecule has 1 aliphatic heterocycles. The maximum Gasteiger partial charge on any atom is 0.266 e. The van der Waals surface area contributed by atoms with Crippen molar-refractivity contribution in [1.29, 1.82) is 0 Å². The van der Waals surface area contributed by atoms with Gasteiger partial charge in [-0.15, -0.1) is 0 Å². The van der Waals surface area contributed by atoms with E-state index in [0.29, 0.717) is 5.82 Å². The summed E-state index contributed by atoms with van der Waals surface area (Å²) in [6.07, 6.45) is 0.543. The Balaban J connectivity index is 1.35. The van der Waals surface area contributed by atoms with Gasteiger partial charge in [0.2, 0.25) is 0 Å². The highest BCUT2D eigenvalue weighted by Crippen LogP contribution is 2.21. The fourth-order valence-electron chi connectivity index (χ4n) is 3.43. The molecule has 0 bridgehead atoms. The fraction of sp³-hybridized carbons (Fsp3) is 0.261. The summed E-state index contributed by atoms with van der Waals surface area (Å²) in [7, 11) is 0. The first-order valence-electron chi connectivity index (χ1n) is 10.2. The van der Waals surface area contributed by atoms with Gasteiger partial charge in [-0.25, -0.2) is 14.4 Å². The molecule has 2 heterocycles. The molecule has 4 rings (SSSR count). The summed E-state index contributed by atoms with van der Waals surface area (Å²) in [4.78, 5) is 25.5. The number of halogens is 1. The summed E-state index contributed by atoms with van der Waals surface area (Å²) in [5.74, 6) is 0.234. The molecule has 0 unspecified atom stereocenters. The number of benzene rings is 2. The Hall–Kier alpha value is -3.68. The van der Waals surface area contributed by atoms with E-state index in [1.165, 1.54) is 24.1 Å². The third-order valence-corrected chi connectivity index (χ3v) is 5.14. The van der Waals surface area contributed by atoms with Gasteiger partial charge in [0.05, 0.1) is 0 Å². The van der Waals surface area contributed by atoms with E-state index >= 15 is 0 Å². The maximum atomic E-state index is 13.7. The molecular weight excluding hydrogens is 397 g/mol. The number of ether oxygens (including phenoxy) is 1. The quantitative estimate of drug-likeness (QED) is 0.658. The number of aromatic nitrogens is 2. The lowest BCUT2D eigenvalue weighted by atomic mass is 10.2. The molecule has 8 heteroatoms. The van der Waals surface area contributed by atoms with Gasteiger partial charge in [-0.3, -0.25) is 4.79 Å². The van der Waals surface area contributed by atoms with Crippen LogP contribution >= 0.6 is 0 Å². The topological polar surface area (TPSA) is 70.6 Å². The Bertz CT molecular complexity index is 1030. The summed E-state index contributed by atoms with van der Waals surface area (Å²) in [5, 5.41) is 2.72. The molecule has 0 aliphatic carbocycles. The third-order valence-electron chi connectivity index (χ3n) is 5.14. The van der Waals surface area contributed by atoms with Crippen molar-refractivity contribution in [3.63, 3.8) is 0 Å². The number of anilines is 3. The van der Waals surface area contributed by atoms with Crippen LogP contribution in [0.4, 0.5) is 21.7 Å². The Morgan fingerprint density at radius 1 is 1.00 bits per heavy atom. The lowest BCUT2D eigenvalue weighted by molar-refractivity contribution is -0.122. The predicted molar refractivity (Wildman–Crippen MR) is 118 cm³/mol. The molecule has 1 atom stereocenters. The van der Waals surface area contributed by atoms with Crippen molar-refractivity contribution in [2.45, 2.75) is 13.0 Å². The zero-order valence-corrected chi connectivity index (χ0v) is 17.2. The van der Waals surface area contributed by atoms with Crippen LogP contribution in [0.3, 0.4) is 0 Å². The van der Waals surface area contributed by atoms with Crippen LogP contribution in [0.25, 0.3) is 0 Å². The van der Waals surface area contributed by atoms with Crippen LogP contribution in [0.2, 0.25) is 0 Å². The number of rotatable bonds is 6. The zero-order valence-electron chi connectivity index (χ0n) is 17.2. The smallest absolute Gasteiger partial charge is 0.266 e. The second kappa shape index (κ2) is 9.42. The number of piperazine rings is 1. The number of nitrogens with one attached hydrogen (secondary N) is 1. The number of para-hydroxylation sites is 2. The van der Waals surface area contributed by atoms with E-state index < -0.39 is 17.8 Å². The van der Waals surface area contributed by atoms with Gasteiger partial charge in [-0.2, -0.15) is 0 Å². The Morgan fingerprint density at radius 2 is 1.68 bits per heavy atom. The Morgan fingerprint density at radius 3 is 2.42 bits per heavy atom. The van der Waals surface area contributed by atoms with Crippen molar-refractivity contribution in [2.24, 2.45) is 0 Å². The first-order chi connectivity index (χ1) is 15.1. The van der Waals surface area contributed by atoms with Crippen LogP contribution in [-0.4, -0.2) is 48.2 Å². The number of amides is 1. The highest BCUT2D eigenvalue weighted by atomic mass is 19.1. The summed E-state index contributed by atoms with van der Waals surface area (Å²) in [5.41, 5.74) is 1.21. The second-order valence-corrected chi connectivity index (χ2v) is 7.25. The molecule has 0 spiro atoms. The number of hydrogen-bond acceptors (Lipinski definition) is 6. The van der Waals surface area contributed by atoms with Crippen molar-refractivity contribution in [3.8, 4) is 5.75 Å². The third kappa shape index (κ3) is 5.09. The van der Waals surface area contributed by atoms with Gasteiger partial charge in [0, 0.05) is 37.9 Å². The molecule has 1 fully saturated rings. The molecule has 1 N–H and O–H groups in total. The summed E-state index contributed by atoms with van der Waals surface area (Å²) in [6, 6.07) is 18.0. The van der Waals surface area contributed by atoms with Crippen LogP contribution in [0, 0.1) is 5.82 Å². The van der Waals surface area contributed by atoms with Gasteiger partial charge in [0.15, 0.2) is 17.7 Å². The summed E-state index contributed by atoms with van der Waals surface area (Å²) < 4.78 is 19.2. The lowest BCUT2D eigenvalue weighted by Gasteiger charge is -2.36. The zero-order chi connectivity index (χ0) is 21.6. The van der Waals surface area contributed by atoms with E-state index in [0.717, 1.165) is 32.0 Å². The Kier molecular flexibility index (Phi) is 6.26. The molecular formula is C23H24FN5O2. The predicted octanol–water partition coefficient (Wildman–Crippen LogP) is 3.35. The van der Waals surface area contributed by atoms with Crippen LogP contribution in [-0.2, 0) is 4.79 Å². The van der Waals surface area contributed by atoms with E-state index in [2.05, 4.69) is 37.2 Å². The highest BCUT2D eigenvalue weighted by molar-refractivity contribution is 5.93. The van der Waals surface area contributed by atoms with E-state index in [9.17, 15) is 9.18 Å². The van der Waals surface area contributed by atoms with Crippen LogP contribution in [0.5, 0.6) is 5.75 Å². The molecule has 7 nitrogen and oxygen atoms in total. The van der Waals surface area contributed by atoms with Crippen molar-refractivity contribution in [2.75, 3.05) is 41.3 Å². The van der Waals surface area contributed by atoms with Gasteiger partial charge >= 0.3 is 0 Å². The minimum atomic E-state index is -0.885. The van der Waals surface area contributed by atoms with Crippen molar-refractivity contribution >= 4 is 23.2 Å². The molecule has 0 radical (unpaired) electrons. The van der Waals surface area contributed by atoms with Gasteiger partial charge in [0.1, 0.15) is 18.0 Å². The minimum absolute atomic E-state index is 0.0322.